The molecule has 0 saturated carbocycles. The number of hydrogen-bond donors (Lipinski definition) is 0. The van der Waals surface area contributed by atoms with Gasteiger partial charge in [-0.05, 0) is 26.0 Å². The van der Waals surface area contributed by atoms with Gasteiger partial charge in [-0.2, -0.15) is 4.31 Å². The third kappa shape index (κ3) is 3.58. The van der Waals surface area contributed by atoms with E-state index in [0.717, 1.165) is 23.6 Å². The molecule has 0 unspecified atom stereocenters. The smallest absolute Gasteiger partial charge is 0.246 e. The SMILES string of the molecule is Cc1nc(CN2CCN(S(=O)(=O)c3cccc(F)c3F)CC2)oc1C. The number of oxazole rings is 1. The summed E-state index contributed by atoms with van der Waals surface area (Å²) in [5, 5.41) is 0. The number of aryl methyl sites for hydroxylation is 2. The number of hydrogen-bond acceptors (Lipinski definition) is 5. The predicted octanol–water partition coefficient (Wildman–Crippen LogP) is 2.08. The first kappa shape index (κ1) is 18.0. The molecule has 9 heteroatoms. The first-order chi connectivity index (χ1) is 11.8. The minimum atomic E-state index is -4.06. The minimum Gasteiger partial charge on any atom is -0.444 e. The van der Waals surface area contributed by atoms with Crippen LogP contribution in [-0.2, 0) is 16.6 Å². The number of piperazine rings is 1. The standard InChI is InChI=1S/C16H19F2N3O3S/c1-11-12(2)24-15(19-11)10-20-6-8-21(9-7-20)25(22,23)14-5-3-4-13(17)16(14)18/h3-5H,6-10H2,1-2H3. The second-order valence-electron chi connectivity index (χ2n) is 5.98. The second-order valence-corrected chi connectivity index (χ2v) is 7.89. The molecule has 2 heterocycles. The van der Waals surface area contributed by atoms with Crippen molar-refractivity contribution in [1.82, 2.24) is 14.2 Å². The highest BCUT2D eigenvalue weighted by Gasteiger charge is 2.31. The Bertz CT molecular complexity index is 855. The van der Waals surface area contributed by atoms with Gasteiger partial charge in [0.15, 0.2) is 11.6 Å². The van der Waals surface area contributed by atoms with Crippen LogP contribution in [0.4, 0.5) is 8.78 Å². The van der Waals surface area contributed by atoms with Crippen molar-refractivity contribution in [2.24, 2.45) is 0 Å². The van der Waals surface area contributed by atoms with Crippen LogP contribution in [0.1, 0.15) is 17.3 Å². The van der Waals surface area contributed by atoms with Gasteiger partial charge in [-0.1, -0.05) is 6.07 Å². The van der Waals surface area contributed by atoms with Gasteiger partial charge in [0.1, 0.15) is 10.7 Å². The fourth-order valence-corrected chi connectivity index (χ4v) is 4.25. The summed E-state index contributed by atoms with van der Waals surface area (Å²) in [5.41, 5.74) is 0.831. The zero-order valence-electron chi connectivity index (χ0n) is 14.0. The molecule has 2 aromatic rings. The molecule has 1 aliphatic rings. The van der Waals surface area contributed by atoms with Gasteiger partial charge in [0.05, 0.1) is 12.2 Å². The lowest BCUT2D eigenvalue weighted by atomic mass is 10.3. The quantitative estimate of drug-likeness (QED) is 0.823. The summed E-state index contributed by atoms with van der Waals surface area (Å²) < 4.78 is 59.0. The first-order valence-corrected chi connectivity index (χ1v) is 9.32. The molecule has 0 atom stereocenters. The summed E-state index contributed by atoms with van der Waals surface area (Å²) in [5.74, 6) is -1.16. The van der Waals surface area contributed by atoms with Crippen LogP contribution in [0.15, 0.2) is 27.5 Å². The Hall–Kier alpha value is -1.84. The third-order valence-electron chi connectivity index (χ3n) is 4.30. The van der Waals surface area contributed by atoms with Gasteiger partial charge in [-0.3, -0.25) is 4.90 Å². The molecule has 6 nitrogen and oxygen atoms in total. The fraction of sp³-hybridized carbons (Fsp3) is 0.438. The number of sulfonamides is 1. The average Bonchev–Trinajstić information content (AvgIpc) is 2.88. The van der Waals surface area contributed by atoms with Crippen LogP contribution in [0.5, 0.6) is 0 Å². The van der Waals surface area contributed by atoms with Crippen LogP contribution < -0.4 is 0 Å². The zero-order valence-corrected chi connectivity index (χ0v) is 14.8. The maximum absolute atomic E-state index is 13.8. The van der Waals surface area contributed by atoms with Gasteiger partial charge >= 0.3 is 0 Å². The van der Waals surface area contributed by atoms with Gasteiger partial charge in [0.25, 0.3) is 0 Å². The van der Waals surface area contributed by atoms with Crippen molar-refractivity contribution in [1.29, 1.82) is 0 Å². The van der Waals surface area contributed by atoms with E-state index in [2.05, 4.69) is 4.98 Å². The highest BCUT2D eigenvalue weighted by molar-refractivity contribution is 7.89. The van der Waals surface area contributed by atoms with Crippen molar-refractivity contribution in [2.75, 3.05) is 26.2 Å². The normalized spacial score (nSPS) is 17.1. The van der Waals surface area contributed by atoms with Crippen LogP contribution in [-0.4, -0.2) is 48.8 Å². The van der Waals surface area contributed by atoms with Crippen LogP contribution in [0.2, 0.25) is 0 Å². The van der Waals surface area contributed by atoms with E-state index in [-0.39, 0.29) is 13.1 Å². The Labute approximate surface area is 145 Å². The third-order valence-corrected chi connectivity index (χ3v) is 6.21. The maximum atomic E-state index is 13.8. The lowest BCUT2D eigenvalue weighted by molar-refractivity contribution is 0.167. The van der Waals surface area contributed by atoms with E-state index in [9.17, 15) is 17.2 Å². The van der Waals surface area contributed by atoms with Crippen molar-refractivity contribution < 1.29 is 21.6 Å². The summed E-state index contributed by atoms with van der Waals surface area (Å²) in [7, 11) is -4.06. The number of aromatic nitrogens is 1. The molecule has 0 amide bonds. The average molecular weight is 371 g/mol. The molecular weight excluding hydrogens is 352 g/mol. The lowest BCUT2D eigenvalue weighted by Gasteiger charge is -2.33. The monoisotopic (exact) mass is 371 g/mol. The number of nitrogens with zero attached hydrogens (tertiary/aromatic N) is 3. The van der Waals surface area contributed by atoms with E-state index in [1.807, 2.05) is 18.7 Å². The van der Waals surface area contributed by atoms with E-state index < -0.39 is 26.6 Å². The van der Waals surface area contributed by atoms with Gasteiger partial charge in [0, 0.05) is 26.2 Å². The molecule has 136 valence electrons. The van der Waals surface area contributed by atoms with E-state index in [1.165, 1.54) is 10.4 Å². The van der Waals surface area contributed by atoms with Crippen LogP contribution in [0, 0.1) is 25.5 Å². The van der Waals surface area contributed by atoms with Crippen molar-refractivity contribution in [3.8, 4) is 0 Å². The Morgan fingerprint density at radius 3 is 2.44 bits per heavy atom. The molecule has 0 spiro atoms. The topological polar surface area (TPSA) is 66.7 Å². The molecule has 3 rings (SSSR count). The Balaban J connectivity index is 1.68. The van der Waals surface area contributed by atoms with Crippen molar-refractivity contribution in [2.45, 2.75) is 25.3 Å². The molecule has 1 aromatic carbocycles. The summed E-state index contributed by atoms with van der Waals surface area (Å²) in [6, 6.07) is 3.17. The first-order valence-electron chi connectivity index (χ1n) is 7.88. The summed E-state index contributed by atoms with van der Waals surface area (Å²) in [4.78, 5) is 5.70. The Morgan fingerprint density at radius 1 is 1.16 bits per heavy atom. The van der Waals surface area contributed by atoms with Gasteiger partial charge in [-0.25, -0.2) is 22.2 Å². The van der Waals surface area contributed by atoms with E-state index in [0.29, 0.717) is 25.5 Å². The molecule has 0 radical (unpaired) electrons. The van der Waals surface area contributed by atoms with Crippen LogP contribution >= 0.6 is 0 Å². The summed E-state index contributed by atoms with van der Waals surface area (Å²) in [6.45, 7) is 5.47. The van der Waals surface area contributed by atoms with Gasteiger partial charge in [-0.15, -0.1) is 0 Å². The van der Waals surface area contributed by atoms with E-state index >= 15 is 0 Å². The molecule has 1 fully saturated rings. The number of rotatable bonds is 4. The van der Waals surface area contributed by atoms with E-state index in [4.69, 9.17) is 4.42 Å². The van der Waals surface area contributed by atoms with Gasteiger partial charge in [0.2, 0.25) is 15.9 Å². The molecule has 0 bridgehead atoms. The summed E-state index contributed by atoms with van der Waals surface area (Å²) >= 11 is 0. The number of benzene rings is 1. The van der Waals surface area contributed by atoms with Crippen molar-refractivity contribution in [3.05, 3.63) is 47.2 Å². The molecule has 1 aromatic heterocycles. The van der Waals surface area contributed by atoms with E-state index in [1.54, 1.807) is 0 Å². The van der Waals surface area contributed by atoms with Crippen LogP contribution in [0.25, 0.3) is 0 Å². The van der Waals surface area contributed by atoms with Gasteiger partial charge < -0.3 is 4.42 Å². The second kappa shape index (κ2) is 6.81. The fourth-order valence-electron chi connectivity index (χ4n) is 2.75. The largest absolute Gasteiger partial charge is 0.444 e. The minimum absolute atomic E-state index is 0.191. The highest BCUT2D eigenvalue weighted by Crippen LogP contribution is 2.22. The molecule has 0 N–H and O–H groups in total. The summed E-state index contributed by atoms with van der Waals surface area (Å²) in [6.07, 6.45) is 0. The number of halogens is 2. The molecule has 25 heavy (non-hydrogen) atoms. The molecule has 0 aliphatic carbocycles. The molecule has 1 aliphatic heterocycles. The van der Waals surface area contributed by atoms with Crippen LogP contribution in [0.3, 0.4) is 0 Å². The highest BCUT2D eigenvalue weighted by atomic mass is 32.2. The lowest BCUT2D eigenvalue weighted by Crippen LogP contribution is -2.48. The zero-order chi connectivity index (χ0) is 18.2. The molecule has 1 saturated heterocycles. The Kier molecular flexibility index (Phi) is 4.90. The van der Waals surface area contributed by atoms with Crippen molar-refractivity contribution >= 4 is 10.0 Å². The maximum Gasteiger partial charge on any atom is 0.246 e. The molecular formula is C16H19F2N3O3S. The van der Waals surface area contributed by atoms with Crippen molar-refractivity contribution in [3.63, 3.8) is 0 Å². The Morgan fingerprint density at radius 2 is 1.84 bits per heavy atom. The predicted molar refractivity (Wildman–Crippen MR) is 86.4 cm³/mol.